The molecule has 0 N–H and O–H groups in total. The van der Waals surface area contributed by atoms with Crippen molar-refractivity contribution in [2.45, 2.75) is 19.3 Å². The third-order valence-corrected chi connectivity index (χ3v) is 9.07. The van der Waals surface area contributed by atoms with Gasteiger partial charge in [0, 0.05) is 56.1 Å². The Labute approximate surface area is 261 Å². The largest absolute Gasteiger partial charge is 0.314 e. The molecule has 7 rings (SSSR count). The van der Waals surface area contributed by atoms with Crippen LogP contribution < -0.4 is 4.90 Å². The van der Waals surface area contributed by atoms with Crippen molar-refractivity contribution >= 4 is 38.7 Å². The number of ketones is 1. The van der Waals surface area contributed by atoms with E-state index in [2.05, 4.69) is 131 Å². The molecule has 0 saturated carbocycles. The van der Waals surface area contributed by atoms with Crippen molar-refractivity contribution in [1.29, 1.82) is 0 Å². The van der Waals surface area contributed by atoms with Crippen molar-refractivity contribution in [3.8, 4) is 22.3 Å². The minimum atomic E-state index is 0.0780. The quantitative estimate of drug-likeness (QED) is 0.196. The van der Waals surface area contributed by atoms with Gasteiger partial charge in [-0.25, -0.2) is 0 Å². The molecule has 2 nitrogen and oxygen atoms in total. The normalized spacial score (nSPS) is 17.9. The van der Waals surface area contributed by atoms with Gasteiger partial charge in [-0.05, 0) is 58.2 Å². The Kier molecular flexibility index (Phi) is 7.04. The van der Waals surface area contributed by atoms with Crippen molar-refractivity contribution in [3.63, 3.8) is 0 Å². The second-order valence-electron chi connectivity index (χ2n) is 11.1. The number of para-hydroxylation sites is 1. The second kappa shape index (κ2) is 11.2. The molecule has 5 aromatic rings. The van der Waals surface area contributed by atoms with Crippen molar-refractivity contribution in [2.75, 3.05) is 4.90 Å². The standard InChI is InChI=1S/C40H30BrNO/c1-26-24-29(28-13-5-3-6-14-28)15-9-12-27(2)42(31-16-7-4-8-17-31)37-23-22-30(25-35(26)37)32-18-10-19-33-38(32)39-34(40(33)43)20-11-21-36(39)41/h3-11,13-26H,2,12H2,1H3/b15-9-,29-24+. The third kappa shape index (κ3) is 4.80. The molecule has 0 fully saturated rings. The van der Waals surface area contributed by atoms with Gasteiger partial charge in [0.05, 0.1) is 0 Å². The molecular formula is C40H30BrNO. The average Bonchev–Trinajstić information content (AvgIpc) is 3.34. The number of rotatable bonds is 3. The number of halogens is 1. The first-order chi connectivity index (χ1) is 21.0. The SMILES string of the molecule is C=C1C/C=C\C(c2ccccc2)=C/C(C)c2cc(-c3cccc4c3-c3c(Br)cccc3C4=O)ccc2N1c1ccccc1. The molecule has 5 aromatic carbocycles. The lowest BCUT2D eigenvalue weighted by Gasteiger charge is -2.31. The van der Waals surface area contributed by atoms with Crippen molar-refractivity contribution < 1.29 is 4.79 Å². The van der Waals surface area contributed by atoms with Crippen LogP contribution >= 0.6 is 15.9 Å². The number of benzene rings is 5. The van der Waals surface area contributed by atoms with Gasteiger partial charge >= 0.3 is 0 Å². The Morgan fingerprint density at radius 2 is 1.42 bits per heavy atom. The van der Waals surface area contributed by atoms with Gasteiger partial charge < -0.3 is 4.90 Å². The molecule has 0 radical (unpaired) electrons. The van der Waals surface area contributed by atoms with Gasteiger partial charge in [-0.1, -0.05) is 133 Å². The Morgan fingerprint density at radius 3 is 2.19 bits per heavy atom. The fraction of sp³-hybridized carbons (Fsp3) is 0.0750. The summed E-state index contributed by atoms with van der Waals surface area (Å²) in [6, 6.07) is 39.7. The number of anilines is 2. The Balaban J connectivity index is 1.46. The molecule has 0 aromatic heterocycles. The van der Waals surface area contributed by atoms with Crippen molar-refractivity contribution in [2.24, 2.45) is 0 Å². The fourth-order valence-corrected chi connectivity index (χ4v) is 6.94. The Morgan fingerprint density at radius 1 is 0.744 bits per heavy atom. The summed E-state index contributed by atoms with van der Waals surface area (Å²) in [6.45, 7) is 6.81. The van der Waals surface area contributed by atoms with Crippen LogP contribution in [0.25, 0.3) is 27.8 Å². The second-order valence-corrected chi connectivity index (χ2v) is 12.0. The van der Waals surface area contributed by atoms with Gasteiger partial charge in [-0.2, -0.15) is 0 Å². The number of carbonyl (C=O) groups excluding carboxylic acids is 1. The molecule has 2 aliphatic rings. The highest BCUT2D eigenvalue weighted by atomic mass is 79.9. The summed E-state index contributed by atoms with van der Waals surface area (Å²) in [5.74, 6) is 0.165. The average molecular weight is 621 g/mol. The summed E-state index contributed by atoms with van der Waals surface area (Å²) in [5.41, 5.74) is 12.4. The lowest BCUT2D eigenvalue weighted by Crippen LogP contribution is -2.18. The van der Waals surface area contributed by atoms with Crippen LogP contribution in [0.15, 0.2) is 150 Å². The zero-order chi connectivity index (χ0) is 29.5. The lowest BCUT2D eigenvalue weighted by molar-refractivity contribution is 0.104. The molecule has 1 aliphatic heterocycles. The van der Waals surface area contributed by atoms with Crippen molar-refractivity contribution in [3.05, 3.63) is 172 Å². The zero-order valence-corrected chi connectivity index (χ0v) is 25.5. The number of nitrogens with zero attached hydrogens (tertiary/aromatic N) is 1. The predicted octanol–water partition coefficient (Wildman–Crippen LogP) is 11.1. The van der Waals surface area contributed by atoms with Gasteiger partial charge in [-0.15, -0.1) is 0 Å². The summed E-state index contributed by atoms with van der Waals surface area (Å²) >= 11 is 3.74. The molecule has 1 aliphatic carbocycles. The zero-order valence-electron chi connectivity index (χ0n) is 23.9. The van der Waals surface area contributed by atoms with Gasteiger partial charge in [0.1, 0.15) is 0 Å². The highest BCUT2D eigenvalue weighted by Gasteiger charge is 2.31. The first-order valence-electron chi connectivity index (χ1n) is 14.6. The minimum absolute atomic E-state index is 0.0780. The van der Waals surface area contributed by atoms with E-state index in [-0.39, 0.29) is 11.7 Å². The van der Waals surface area contributed by atoms with E-state index in [9.17, 15) is 4.79 Å². The Bertz CT molecular complexity index is 1950. The van der Waals surface area contributed by atoms with E-state index in [0.29, 0.717) is 6.42 Å². The van der Waals surface area contributed by atoms with Crippen LogP contribution in [0.4, 0.5) is 11.4 Å². The minimum Gasteiger partial charge on any atom is -0.314 e. The smallest absolute Gasteiger partial charge is 0.194 e. The summed E-state index contributed by atoms with van der Waals surface area (Å²) in [5, 5.41) is 0. The van der Waals surface area contributed by atoms with Crippen LogP contribution in [0, 0.1) is 0 Å². The number of fused-ring (bicyclic) bond motifs is 4. The maximum absolute atomic E-state index is 13.4. The molecule has 1 atom stereocenters. The molecule has 0 saturated heterocycles. The van der Waals surface area contributed by atoms with E-state index in [1.807, 2.05) is 36.4 Å². The molecule has 1 heterocycles. The third-order valence-electron chi connectivity index (χ3n) is 8.41. The topological polar surface area (TPSA) is 20.3 Å². The summed E-state index contributed by atoms with van der Waals surface area (Å²) in [6.07, 6.45) is 7.51. The Hall–Kier alpha value is -4.73. The molecule has 3 heteroatoms. The van der Waals surface area contributed by atoms with Crippen LogP contribution in [-0.4, -0.2) is 5.78 Å². The monoisotopic (exact) mass is 619 g/mol. The van der Waals surface area contributed by atoms with E-state index >= 15 is 0 Å². The number of hydrogen-bond acceptors (Lipinski definition) is 2. The van der Waals surface area contributed by atoms with Gasteiger partial charge in [-0.3, -0.25) is 4.79 Å². The molecule has 1 unspecified atom stereocenters. The van der Waals surface area contributed by atoms with Gasteiger partial charge in [0.2, 0.25) is 0 Å². The molecule has 208 valence electrons. The lowest BCUT2D eigenvalue weighted by atomic mass is 9.88. The van der Waals surface area contributed by atoms with E-state index in [4.69, 9.17) is 0 Å². The van der Waals surface area contributed by atoms with E-state index in [1.165, 1.54) is 16.7 Å². The molecular weight excluding hydrogens is 590 g/mol. The van der Waals surface area contributed by atoms with Crippen LogP contribution in [-0.2, 0) is 0 Å². The number of hydrogen-bond donors (Lipinski definition) is 0. The first-order valence-corrected chi connectivity index (χ1v) is 15.4. The summed E-state index contributed by atoms with van der Waals surface area (Å²) in [4.78, 5) is 15.7. The summed E-state index contributed by atoms with van der Waals surface area (Å²) < 4.78 is 0.936. The highest BCUT2D eigenvalue weighted by molar-refractivity contribution is 9.10. The van der Waals surface area contributed by atoms with Crippen LogP contribution in [0.3, 0.4) is 0 Å². The van der Waals surface area contributed by atoms with E-state index in [1.54, 1.807) is 0 Å². The van der Waals surface area contributed by atoms with Crippen LogP contribution in [0.2, 0.25) is 0 Å². The van der Waals surface area contributed by atoms with E-state index in [0.717, 1.165) is 54.9 Å². The number of carbonyl (C=O) groups is 1. The molecule has 0 bridgehead atoms. The maximum atomic E-state index is 13.4. The molecule has 43 heavy (non-hydrogen) atoms. The highest BCUT2D eigenvalue weighted by Crippen LogP contribution is 2.48. The number of allylic oxidation sites excluding steroid dienone is 4. The van der Waals surface area contributed by atoms with Gasteiger partial charge in [0.25, 0.3) is 0 Å². The van der Waals surface area contributed by atoms with Crippen LogP contribution in [0.5, 0.6) is 0 Å². The van der Waals surface area contributed by atoms with E-state index < -0.39 is 0 Å². The van der Waals surface area contributed by atoms with Gasteiger partial charge in [0.15, 0.2) is 5.78 Å². The first kappa shape index (κ1) is 27.1. The fourth-order valence-electron chi connectivity index (χ4n) is 6.37. The molecule has 0 spiro atoms. The predicted molar refractivity (Wildman–Crippen MR) is 183 cm³/mol. The summed E-state index contributed by atoms with van der Waals surface area (Å²) in [7, 11) is 0. The van der Waals surface area contributed by atoms with Crippen LogP contribution in [0.1, 0.15) is 46.3 Å². The molecule has 0 amide bonds. The van der Waals surface area contributed by atoms with Crippen molar-refractivity contribution in [1.82, 2.24) is 0 Å². The maximum Gasteiger partial charge on any atom is 0.194 e.